The minimum atomic E-state index is 0.239. The van der Waals surface area contributed by atoms with E-state index in [2.05, 4.69) is 16.0 Å². The average Bonchev–Trinajstić information content (AvgIpc) is 2.66. The Morgan fingerprint density at radius 2 is 1.92 bits per heavy atom. The quantitative estimate of drug-likeness (QED) is 0.901. The number of piperidine rings is 1. The van der Waals surface area contributed by atoms with Gasteiger partial charge in [0.05, 0.1) is 31.0 Å². The van der Waals surface area contributed by atoms with Gasteiger partial charge >= 0.3 is 0 Å². The number of aromatic nitrogens is 1. The van der Waals surface area contributed by atoms with Gasteiger partial charge in [-0.1, -0.05) is 0 Å². The third-order valence-corrected chi connectivity index (χ3v) is 4.93. The van der Waals surface area contributed by atoms with Gasteiger partial charge < -0.3 is 19.5 Å². The SMILES string of the molecule is COc1cc2ncc(C#N)c(N3CCC(CCO)CC3)c2cc1OC. The Morgan fingerprint density at radius 1 is 1.24 bits per heavy atom. The lowest BCUT2D eigenvalue weighted by molar-refractivity contribution is 0.240. The highest BCUT2D eigenvalue weighted by Gasteiger charge is 2.23. The van der Waals surface area contributed by atoms with Crippen LogP contribution in [0.4, 0.5) is 5.69 Å². The van der Waals surface area contributed by atoms with E-state index in [1.807, 2.05) is 12.1 Å². The molecule has 132 valence electrons. The molecular formula is C19H23N3O3. The maximum Gasteiger partial charge on any atom is 0.162 e. The summed E-state index contributed by atoms with van der Waals surface area (Å²) in [6.45, 7) is 1.98. The second-order valence-electron chi connectivity index (χ2n) is 6.30. The molecule has 1 aromatic carbocycles. The van der Waals surface area contributed by atoms with Crippen molar-refractivity contribution in [1.82, 2.24) is 4.98 Å². The predicted molar refractivity (Wildman–Crippen MR) is 96.2 cm³/mol. The zero-order chi connectivity index (χ0) is 17.8. The van der Waals surface area contributed by atoms with Gasteiger partial charge in [-0.3, -0.25) is 4.98 Å². The van der Waals surface area contributed by atoms with Crippen molar-refractivity contribution in [3.05, 3.63) is 23.9 Å². The zero-order valence-electron chi connectivity index (χ0n) is 14.7. The van der Waals surface area contributed by atoms with Gasteiger partial charge in [-0.2, -0.15) is 5.26 Å². The van der Waals surface area contributed by atoms with Gasteiger partial charge in [0.2, 0.25) is 0 Å². The highest BCUT2D eigenvalue weighted by atomic mass is 16.5. The molecular weight excluding hydrogens is 318 g/mol. The van der Waals surface area contributed by atoms with E-state index in [-0.39, 0.29) is 6.61 Å². The van der Waals surface area contributed by atoms with Gasteiger partial charge in [0.1, 0.15) is 6.07 Å². The van der Waals surface area contributed by atoms with E-state index < -0.39 is 0 Å². The van der Waals surface area contributed by atoms with Crippen LogP contribution in [0, 0.1) is 17.2 Å². The van der Waals surface area contributed by atoms with Crippen LogP contribution >= 0.6 is 0 Å². The lowest BCUT2D eigenvalue weighted by atomic mass is 9.93. The summed E-state index contributed by atoms with van der Waals surface area (Å²) >= 11 is 0. The zero-order valence-corrected chi connectivity index (χ0v) is 14.7. The van der Waals surface area contributed by atoms with Crippen LogP contribution in [-0.4, -0.2) is 44.0 Å². The Hall–Kier alpha value is -2.52. The summed E-state index contributed by atoms with van der Waals surface area (Å²) in [4.78, 5) is 6.67. The Morgan fingerprint density at radius 3 is 2.52 bits per heavy atom. The van der Waals surface area contributed by atoms with Crippen LogP contribution in [-0.2, 0) is 0 Å². The number of nitrogens with zero attached hydrogens (tertiary/aromatic N) is 3. The van der Waals surface area contributed by atoms with Gasteiger partial charge in [-0.25, -0.2) is 0 Å². The second-order valence-corrected chi connectivity index (χ2v) is 6.30. The number of anilines is 1. The predicted octanol–water partition coefficient (Wildman–Crippen LogP) is 2.72. The van der Waals surface area contributed by atoms with Crippen LogP contribution in [0.5, 0.6) is 11.5 Å². The molecule has 1 aromatic heterocycles. The number of methoxy groups -OCH3 is 2. The molecule has 1 N–H and O–H groups in total. The maximum absolute atomic E-state index is 9.57. The van der Waals surface area contributed by atoms with E-state index in [4.69, 9.17) is 14.6 Å². The fraction of sp³-hybridized carbons (Fsp3) is 0.474. The molecule has 6 nitrogen and oxygen atoms in total. The third kappa shape index (κ3) is 3.33. The van der Waals surface area contributed by atoms with Gasteiger partial charge in [0.25, 0.3) is 0 Å². The first-order valence-corrected chi connectivity index (χ1v) is 8.52. The van der Waals surface area contributed by atoms with Crippen LogP contribution in [0.2, 0.25) is 0 Å². The van der Waals surface area contributed by atoms with Crippen molar-refractivity contribution < 1.29 is 14.6 Å². The van der Waals surface area contributed by atoms with E-state index in [1.165, 1.54) is 0 Å². The molecule has 0 atom stereocenters. The van der Waals surface area contributed by atoms with Crippen molar-refractivity contribution in [1.29, 1.82) is 5.26 Å². The van der Waals surface area contributed by atoms with Crippen LogP contribution in [0.1, 0.15) is 24.8 Å². The molecule has 0 amide bonds. The number of rotatable bonds is 5. The summed E-state index contributed by atoms with van der Waals surface area (Å²) in [6, 6.07) is 6.02. The number of pyridine rings is 1. The summed E-state index contributed by atoms with van der Waals surface area (Å²) in [6.07, 6.45) is 4.51. The fourth-order valence-electron chi connectivity index (χ4n) is 3.56. The second kappa shape index (κ2) is 7.58. The van der Waals surface area contributed by atoms with Gasteiger partial charge in [-0.15, -0.1) is 0 Å². The number of fused-ring (bicyclic) bond motifs is 1. The molecule has 0 bridgehead atoms. The summed E-state index contributed by atoms with van der Waals surface area (Å²) in [7, 11) is 3.20. The number of ether oxygens (including phenoxy) is 2. The number of aliphatic hydroxyl groups is 1. The molecule has 1 fully saturated rings. The van der Waals surface area contributed by atoms with Gasteiger partial charge in [0.15, 0.2) is 11.5 Å². The molecule has 0 aliphatic carbocycles. The molecule has 0 radical (unpaired) electrons. The Kier molecular flexibility index (Phi) is 5.25. The first-order chi connectivity index (χ1) is 12.2. The highest BCUT2D eigenvalue weighted by Crippen LogP contribution is 2.38. The molecule has 0 unspecified atom stereocenters. The van der Waals surface area contributed by atoms with E-state index in [0.29, 0.717) is 23.0 Å². The molecule has 1 aliphatic rings. The number of hydrogen-bond acceptors (Lipinski definition) is 6. The molecule has 6 heteroatoms. The van der Waals surface area contributed by atoms with Crippen LogP contribution in [0.3, 0.4) is 0 Å². The van der Waals surface area contributed by atoms with Crippen molar-refractivity contribution in [3.8, 4) is 17.6 Å². The minimum absolute atomic E-state index is 0.239. The van der Waals surface area contributed by atoms with Gasteiger partial charge in [0, 0.05) is 37.3 Å². The highest BCUT2D eigenvalue weighted by molar-refractivity contribution is 5.96. The monoisotopic (exact) mass is 341 g/mol. The maximum atomic E-state index is 9.57. The van der Waals surface area contributed by atoms with Crippen LogP contribution in [0.25, 0.3) is 10.9 Å². The molecule has 2 aromatic rings. The summed E-state index contributed by atoms with van der Waals surface area (Å²) in [5.41, 5.74) is 2.26. The Bertz CT molecular complexity index is 793. The topological polar surface area (TPSA) is 78.6 Å². The van der Waals surface area contributed by atoms with Crippen molar-refractivity contribution in [3.63, 3.8) is 0 Å². The summed E-state index contributed by atoms with van der Waals surface area (Å²) < 4.78 is 10.8. The molecule has 1 saturated heterocycles. The van der Waals surface area contributed by atoms with E-state index >= 15 is 0 Å². The Balaban J connectivity index is 2.05. The van der Waals surface area contributed by atoms with E-state index in [1.54, 1.807) is 20.4 Å². The number of aliphatic hydroxyl groups excluding tert-OH is 1. The van der Waals surface area contributed by atoms with Crippen molar-refractivity contribution >= 4 is 16.6 Å². The number of hydrogen-bond donors (Lipinski definition) is 1. The largest absolute Gasteiger partial charge is 0.493 e. The number of nitriles is 1. The molecule has 0 spiro atoms. The molecule has 1 aliphatic heterocycles. The smallest absolute Gasteiger partial charge is 0.162 e. The minimum Gasteiger partial charge on any atom is -0.493 e. The lowest BCUT2D eigenvalue weighted by Gasteiger charge is -2.34. The molecule has 25 heavy (non-hydrogen) atoms. The third-order valence-electron chi connectivity index (χ3n) is 4.93. The average molecular weight is 341 g/mol. The standard InChI is InChI=1S/C19H23N3O3/c1-24-17-9-15-16(10-18(17)25-2)21-12-14(11-20)19(15)22-6-3-13(4-7-22)5-8-23/h9-10,12-13,23H,3-8H2,1-2H3. The van der Waals surface area contributed by atoms with Crippen molar-refractivity contribution in [2.75, 3.05) is 38.8 Å². The van der Waals surface area contributed by atoms with Gasteiger partial charge in [-0.05, 0) is 31.2 Å². The first kappa shape index (κ1) is 17.3. The normalized spacial score (nSPS) is 15.2. The van der Waals surface area contributed by atoms with E-state index in [0.717, 1.165) is 48.9 Å². The van der Waals surface area contributed by atoms with Crippen LogP contribution < -0.4 is 14.4 Å². The Labute approximate surface area is 147 Å². The van der Waals surface area contributed by atoms with Crippen molar-refractivity contribution in [2.24, 2.45) is 5.92 Å². The van der Waals surface area contributed by atoms with Crippen molar-refractivity contribution in [2.45, 2.75) is 19.3 Å². The summed E-state index contributed by atoms with van der Waals surface area (Å²) in [5.74, 6) is 1.80. The molecule has 0 saturated carbocycles. The summed E-state index contributed by atoms with van der Waals surface area (Å²) in [5, 5.41) is 19.6. The van der Waals surface area contributed by atoms with Crippen LogP contribution in [0.15, 0.2) is 18.3 Å². The van der Waals surface area contributed by atoms with E-state index in [9.17, 15) is 5.26 Å². The lowest BCUT2D eigenvalue weighted by Crippen LogP contribution is -2.34. The molecule has 3 rings (SSSR count). The number of benzene rings is 1. The first-order valence-electron chi connectivity index (χ1n) is 8.52. The fourth-order valence-corrected chi connectivity index (χ4v) is 3.56. The molecule has 2 heterocycles.